The minimum absolute atomic E-state index is 0.0209. The lowest BCUT2D eigenvalue weighted by Crippen LogP contribution is -2.08. The van der Waals surface area contributed by atoms with E-state index in [2.05, 4.69) is 21.2 Å². The van der Waals surface area contributed by atoms with Gasteiger partial charge in [-0.2, -0.15) is 18.4 Å². The molecule has 0 fully saturated rings. The molecule has 17 heavy (non-hydrogen) atoms. The van der Waals surface area contributed by atoms with E-state index in [0.717, 1.165) is 6.07 Å². The van der Waals surface area contributed by atoms with Gasteiger partial charge < -0.3 is 5.32 Å². The van der Waals surface area contributed by atoms with E-state index in [1.807, 2.05) is 6.07 Å². The number of rotatable bonds is 4. The highest BCUT2D eigenvalue weighted by molar-refractivity contribution is 9.10. The number of hydrogen-bond acceptors (Lipinski definition) is 2. The monoisotopic (exact) mass is 306 g/mol. The van der Waals surface area contributed by atoms with Crippen LogP contribution >= 0.6 is 15.9 Å². The summed E-state index contributed by atoms with van der Waals surface area (Å²) in [5, 5.41) is 11.2. The molecule has 0 saturated heterocycles. The van der Waals surface area contributed by atoms with Crippen molar-refractivity contribution in [2.45, 2.75) is 19.0 Å². The minimum atomic E-state index is -4.37. The van der Waals surface area contributed by atoms with E-state index in [-0.39, 0.29) is 4.47 Å². The number of nitrogens with zero attached hydrogens (tertiary/aromatic N) is 1. The fourth-order valence-corrected chi connectivity index (χ4v) is 1.72. The van der Waals surface area contributed by atoms with Crippen LogP contribution in [0, 0.1) is 11.3 Å². The maximum atomic E-state index is 12.6. The van der Waals surface area contributed by atoms with Crippen molar-refractivity contribution in [2.24, 2.45) is 0 Å². The number of hydrogen-bond donors (Lipinski definition) is 1. The summed E-state index contributed by atoms with van der Waals surface area (Å²) in [6.07, 6.45) is -3.38. The first kappa shape index (κ1) is 13.8. The van der Waals surface area contributed by atoms with Crippen LogP contribution in [0.1, 0.15) is 18.4 Å². The molecule has 0 atom stereocenters. The number of alkyl halides is 3. The SMILES string of the molecule is N#CCCCNc1ccc(Br)c(C(F)(F)F)c1. The smallest absolute Gasteiger partial charge is 0.385 e. The summed E-state index contributed by atoms with van der Waals surface area (Å²) >= 11 is 2.87. The molecule has 1 N–H and O–H groups in total. The molecule has 0 saturated carbocycles. The summed E-state index contributed by atoms with van der Waals surface area (Å²) in [6, 6.07) is 5.94. The molecule has 92 valence electrons. The lowest BCUT2D eigenvalue weighted by Gasteiger charge is -2.12. The molecular formula is C11H10BrF3N2. The normalized spacial score (nSPS) is 11.0. The van der Waals surface area contributed by atoms with E-state index in [4.69, 9.17) is 5.26 Å². The number of unbranched alkanes of at least 4 members (excludes halogenated alkanes) is 1. The summed E-state index contributed by atoms with van der Waals surface area (Å²) in [5.74, 6) is 0. The second kappa shape index (κ2) is 5.92. The van der Waals surface area contributed by atoms with Crippen LogP contribution in [0.4, 0.5) is 18.9 Å². The molecule has 0 aliphatic rings. The van der Waals surface area contributed by atoms with Crippen molar-refractivity contribution in [3.63, 3.8) is 0 Å². The molecule has 2 nitrogen and oxygen atoms in total. The predicted octanol–water partition coefficient (Wildman–Crippen LogP) is 4.18. The Labute approximate surface area is 106 Å². The average molecular weight is 307 g/mol. The van der Waals surface area contributed by atoms with Crippen molar-refractivity contribution in [3.8, 4) is 6.07 Å². The maximum Gasteiger partial charge on any atom is 0.417 e. The van der Waals surface area contributed by atoms with Crippen molar-refractivity contribution in [1.82, 2.24) is 0 Å². The summed E-state index contributed by atoms with van der Waals surface area (Å²) in [6.45, 7) is 0.479. The molecule has 0 heterocycles. The van der Waals surface area contributed by atoms with Gasteiger partial charge in [0.1, 0.15) is 0 Å². The van der Waals surface area contributed by atoms with E-state index in [1.165, 1.54) is 6.07 Å². The minimum Gasteiger partial charge on any atom is -0.385 e. The Morgan fingerprint density at radius 1 is 1.35 bits per heavy atom. The molecule has 0 spiro atoms. The highest BCUT2D eigenvalue weighted by atomic mass is 79.9. The number of nitriles is 1. The Morgan fingerprint density at radius 3 is 2.65 bits per heavy atom. The molecule has 1 rings (SSSR count). The van der Waals surface area contributed by atoms with Gasteiger partial charge in [-0.3, -0.25) is 0 Å². The molecule has 0 bridgehead atoms. The number of nitrogens with one attached hydrogen (secondary N) is 1. The molecule has 0 aliphatic carbocycles. The average Bonchev–Trinajstić information content (AvgIpc) is 2.25. The van der Waals surface area contributed by atoms with Crippen LogP contribution in [0.2, 0.25) is 0 Å². The molecule has 1 aromatic carbocycles. The fraction of sp³-hybridized carbons (Fsp3) is 0.364. The molecule has 0 amide bonds. The van der Waals surface area contributed by atoms with E-state index in [1.54, 1.807) is 6.07 Å². The number of halogens is 4. The van der Waals surface area contributed by atoms with E-state index < -0.39 is 11.7 Å². The van der Waals surface area contributed by atoms with Crippen molar-refractivity contribution < 1.29 is 13.2 Å². The van der Waals surface area contributed by atoms with Gasteiger partial charge >= 0.3 is 6.18 Å². The van der Waals surface area contributed by atoms with Gasteiger partial charge in [-0.25, -0.2) is 0 Å². The zero-order chi connectivity index (χ0) is 12.9. The Bertz CT molecular complexity index is 424. The highest BCUT2D eigenvalue weighted by Crippen LogP contribution is 2.36. The number of benzene rings is 1. The van der Waals surface area contributed by atoms with E-state index in [0.29, 0.717) is 25.1 Å². The molecule has 0 aromatic heterocycles. The van der Waals surface area contributed by atoms with Crippen LogP contribution in [-0.2, 0) is 6.18 Å². The highest BCUT2D eigenvalue weighted by Gasteiger charge is 2.33. The lowest BCUT2D eigenvalue weighted by atomic mass is 10.2. The first-order chi connectivity index (χ1) is 7.95. The predicted molar refractivity (Wildman–Crippen MR) is 62.5 cm³/mol. The zero-order valence-electron chi connectivity index (χ0n) is 8.81. The van der Waals surface area contributed by atoms with E-state index >= 15 is 0 Å². The molecule has 0 unspecified atom stereocenters. The van der Waals surface area contributed by atoms with Crippen LogP contribution in [-0.4, -0.2) is 6.54 Å². The molecule has 0 radical (unpaired) electrons. The maximum absolute atomic E-state index is 12.6. The molecular weight excluding hydrogens is 297 g/mol. The van der Waals surface area contributed by atoms with Crippen molar-refractivity contribution in [2.75, 3.05) is 11.9 Å². The first-order valence-electron chi connectivity index (χ1n) is 4.92. The first-order valence-corrected chi connectivity index (χ1v) is 5.72. The Balaban J connectivity index is 2.73. The van der Waals surface area contributed by atoms with Gasteiger partial charge in [0.15, 0.2) is 0 Å². The number of anilines is 1. The Kier molecular flexibility index (Phi) is 4.82. The van der Waals surface area contributed by atoms with Gasteiger partial charge in [0.05, 0.1) is 11.6 Å². The van der Waals surface area contributed by atoms with Crippen LogP contribution in [0.25, 0.3) is 0 Å². The van der Waals surface area contributed by atoms with Crippen molar-refractivity contribution >= 4 is 21.6 Å². The molecule has 6 heteroatoms. The second-order valence-corrected chi connectivity index (χ2v) is 4.24. The van der Waals surface area contributed by atoms with Crippen LogP contribution in [0.3, 0.4) is 0 Å². The second-order valence-electron chi connectivity index (χ2n) is 3.38. The molecule has 0 aliphatic heterocycles. The van der Waals surface area contributed by atoms with E-state index in [9.17, 15) is 13.2 Å². The van der Waals surface area contributed by atoms with Crippen molar-refractivity contribution in [1.29, 1.82) is 5.26 Å². The third kappa shape index (κ3) is 4.27. The lowest BCUT2D eigenvalue weighted by molar-refractivity contribution is -0.138. The Morgan fingerprint density at radius 2 is 2.06 bits per heavy atom. The molecule has 1 aromatic rings. The topological polar surface area (TPSA) is 35.8 Å². The summed E-state index contributed by atoms with van der Waals surface area (Å²) in [5.41, 5.74) is -0.304. The van der Waals surface area contributed by atoms with Gasteiger partial charge in [-0.05, 0) is 24.6 Å². The van der Waals surface area contributed by atoms with Crippen LogP contribution < -0.4 is 5.32 Å². The third-order valence-corrected chi connectivity index (χ3v) is 2.76. The van der Waals surface area contributed by atoms with Crippen molar-refractivity contribution in [3.05, 3.63) is 28.2 Å². The fourth-order valence-electron chi connectivity index (χ4n) is 1.25. The van der Waals surface area contributed by atoms with Gasteiger partial charge in [0.25, 0.3) is 0 Å². The standard InChI is InChI=1S/C11H10BrF3N2/c12-10-4-3-8(17-6-2-1-5-16)7-9(10)11(13,14)15/h3-4,7,17H,1-2,6H2. The Hall–Kier alpha value is -1.22. The van der Waals surface area contributed by atoms with Gasteiger partial charge in [0, 0.05) is 23.1 Å². The summed E-state index contributed by atoms with van der Waals surface area (Å²) < 4.78 is 37.7. The largest absolute Gasteiger partial charge is 0.417 e. The zero-order valence-corrected chi connectivity index (χ0v) is 10.4. The van der Waals surface area contributed by atoms with Crippen LogP contribution in [0.5, 0.6) is 0 Å². The third-order valence-electron chi connectivity index (χ3n) is 2.07. The van der Waals surface area contributed by atoms with Crippen LogP contribution in [0.15, 0.2) is 22.7 Å². The quantitative estimate of drug-likeness (QED) is 0.847. The summed E-state index contributed by atoms with van der Waals surface area (Å²) in [4.78, 5) is 0. The van der Waals surface area contributed by atoms with Gasteiger partial charge in [-0.15, -0.1) is 0 Å². The summed E-state index contributed by atoms with van der Waals surface area (Å²) in [7, 11) is 0. The van der Waals surface area contributed by atoms with Gasteiger partial charge in [0.2, 0.25) is 0 Å². The van der Waals surface area contributed by atoms with Gasteiger partial charge in [-0.1, -0.05) is 15.9 Å².